The number of anilines is 1. The van der Waals surface area contributed by atoms with E-state index in [0.717, 1.165) is 31.2 Å². The number of rotatable bonds is 3. The first-order chi connectivity index (χ1) is 9.72. The molecule has 0 aliphatic carbocycles. The summed E-state index contributed by atoms with van der Waals surface area (Å²) in [6, 6.07) is 8.51. The molecule has 2 saturated heterocycles. The first-order valence-electron chi connectivity index (χ1n) is 7.53. The second-order valence-corrected chi connectivity index (χ2v) is 6.01. The van der Waals surface area contributed by atoms with Crippen molar-refractivity contribution in [3.8, 4) is 0 Å². The Hall–Kier alpha value is -1.39. The van der Waals surface area contributed by atoms with Crippen LogP contribution in [0.25, 0.3) is 0 Å². The Bertz CT molecular complexity index is 471. The van der Waals surface area contributed by atoms with Crippen LogP contribution in [0.1, 0.15) is 18.4 Å². The molecule has 0 spiro atoms. The fourth-order valence-electron chi connectivity index (χ4n) is 3.38. The normalized spacial score (nSPS) is 26.2. The van der Waals surface area contributed by atoms with Gasteiger partial charge in [-0.05, 0) is 50.9 Å². The van der Waals surface area contributed by atoms with Gasteiger partial charge in [-0.1, -0.05) is 17.7 Å². The van der Waals surface area contributed by atoms with Gasteiger partial charge in [0.25, 0.3) is 0 Å². The average molecular weight is 273 g/mol. The van der Waals surface area contributed by atoms with E-state index in [1.165, 1.54) is 18.4 Å². The van der Waals surface area contributed by atoms with Gasteiger partial charge in [-0.25, -0.2) is 0 Å². The summed E-state index contributed by atoms with van der Waals surface area (Å²) in [5.74, 6) is 0.831. The Labute approximate surface area is 120 Å². The lowest BCUT2D eigenvalue weighted by Gasteiger charge is -2.36. The summed E-state index contributed by atoms with van der Waals surface area (Å²) in [6.07, 6.45) is 2.51. The number of amides is 1. The van der Waals surface area contributed by atoms with Crippen molar-refractivity contribution in [2.24, 2.45) is 5.92 Å². The molecule has 4 nitrogen and oxygen atoms in total. The summed E-state index contributed by atoms with van der Waals surface area (Å²) >= 11 is 0. The molecule has 2 atom stereocenters. The zero-order valence-corrected chi connectivity index (χ0v) is 12.1. The Morgan fingerprint density at radius 2 is 2.15 bits per heavy atom. The second kappa shape index (κ2) is 5.94. The smallest absolute Gasteiger partial charge is 0.238 e. The summed E-state index contributed by atoms with van der Waals surface area (Å²) in [4.78, 5) is 14.5. The summed E-state index contributed by atoms with van der Waals surface area (Å²) < 4.78 is 0. The Balaban J connectivity index is 1.57. The topological polar surface area (TPSA) is 44.4 Å². The van der Waals surface area contributed by atoms with Crippen molar-refractivity contribution in [1.82, 2.24) is 10.2 Å². The summed E-state index contributed by atoms with van der Waals surface area (Å²) in [5.41, 5.74) is 2.10. The van der Waals surface area contributed by atoms with Crippen molar-refractivity contribution in [3.05, 3.63) is 29.8 Å². The maximum Gasteiger partial charge on any atom is 0.238 e. The van der Waals surface area contributed by atoms with Gasteiger partial charge in [0.2, 0.25) is 5.91 Å². The molecule has 1 aromatic carbocycles. The van der Waals surface area contributed by atoms with E-state index in [4.69, 9.17) is 0 Å². The number of hydrogen-bond acceptors (Lipinski definition) is 3. The monoisotopic (exact) mass is 273 g/mol. The largest absolute Gasteiger partial charge is 0.325 e. The average Bonchev–Trinajstić information content (AvgIpc) is 2.91. The molecule has 0 aromatic heterocycles. The van der Waals surface area contributed by atoms with Crippen molar-refractivity contribution < 1.29 is 4.79 Å². The van der Waals surface area contributed by atoms with Gasteiger partial charge in [0.05, 0.1) is 6.54 Å². The molecular weight excluding hydrogens is 250 g/mol. The highest BCUT2D eigenvalue weighted by Crippen LogP contribution is 2.26. The zero-order chi connectivity index (χ0) is 13.9. The predicted octanol–water partition coefficient (Wildman–Crippen LogP) is 1.62. The van der Waals surface area contributed by atoms with Crippen LogP contribution in [0.15, 0.2) is 24.3 Å². The molecule has 2 unspecified atom stereocenters. The van der Waals surface area contributed by atoms with Gasteiger partial charge < -0.3 is 10.6 Å². The van der Waals surface area contributed by atoms with Crippen LogP contribution in [-0.2, 0) is 4.79 Å². The molecule has 108 valence electrons. The third kappa shape index (κ3) is 3.02. The summed E-state index contributed by atoms with van der Waals surface area (Å²) in [7, 11) is 0. The van der Waals surface area contributed by atoms with Crippen LogP contribution in [0, 0.1) is 12.8 Å². The number of carbonyl (C=O) groups is 1. The highest BCUT2D eigenvalue weighted by Gasteiger charge is 2.35. The van der Waals surface area contributed by atoms with Crippen molar-refractivity contribution in [2.45, 2.75) is 25.8 Å². The first kappa shape index (κ1) is 13.6. The Morgan fingerprint density at radius 1 is 1.35 bits per heavy atom. The lowest BCUT2D eigenvalue weighted by molar-refractivity contribution is -0.118. The van der Waals surface area contributed by atoms with Crippen LogP contribution in [0.5, 0.6) is 0 Å². The number of benzene rings is 1. The molecule has 2 aliphatic heterocycles. The highest BCUT2D eigenvalue weighted by atomic mass is 16.2. The molecule has 0 saturated carbocycles. The van der Waals surface area contributed by atoms with Gasteiger partial charge >= 0.3 is 0 Å². The van der Waals surface area contributed by atoms with E-state index >= 15 is 0 Å². The predicted molar refractivity (Wildman–Crippen MR) is 80.8 cm³/mol. The Morgan fingerprint density at radius 3 is 2.95 bits per heavy atom. The number of carbonyl (C=O) groups excluding carboxylic acids is 1. The van der Waals surface area contributed by atoms with Crippen LogP contribution in [0.4, 0.5) is 5.69 Å². The van der Waals surface area contributed by atoms with E-state index < -0.39 is 0 Å². The van der Waals surface area contributed by atoms with E-state index in [9.17, 15) is 4.79 Å². The number of fused-ring (bicyclic) bond motifs is 1. The third-order valence-electron chi connectivity index (χ3n) is 4.48. The van der Waals surface area contributed by atoms with Crippen molar-refractivity contribution >= 4 is 11.6 Å². The van der Waals surface area contributed by atoms with Crippen molar-refractivity contribution in [2.75, 3.05) is 31.5 Å². The van der Waals surface area contributed by atoms with E-state index in [2.05, 4.69) is 15.5 Å². The highest BCUT2D eigenvalue weighted by molar-refractivity contribution is 5.92. The molecule has 1 amide bonds. The maximum atomic E-state index is 12.2. The van der Waals surface area contributed by atoms with Crippen LogP contribution in [0.2, 0.25) is 0 Å². The number of piperidine rings is 1. The molecule has 2 fully saturated rings. The molecule has 0 radical (unpaired) electrons. The zero-order valence-electron chi connectivity index (χ0n) is 12.1. The van der Waals surface area contributed by atoms with Crippen molar-refractivity contribution in [1.29, 1.82) is 0 Å². The minimum absolute atomic E-state index is 0.0985. The Kier molecular flexibility index (Phi) is 4.03. The van der Waals surface area contributed by atoms with Gasteiger partial charge in [-0.15, -0.1) is 0 Å². The molecule has 0 bridgehead atoms. The number of nitrogens with zero attached hydrogens (tertiary/aromatic N) is 1. The molecule has 2 aliphatic rings. The van der Waals surface area contributed by atoms with Crippen LogP contribution >= 0.6 is 0 Å². The summed E-state index contributed by atoms with van der Waals surface area (Å²) in [6.45, 7) is 5.75. The minimum atomic E-state index is 0.0985. The van der Waals surface area contributed by atoms with Gasteiger partial charge in [-0.3, -0.25) is 9.69 Å². The van der Waals surface area contributed by atoms with Crippen LogP contribution in [0.3, 0.4) is 0 Å². The third-order valence-corrected chi connectivity index (χ3v) is 4.48. The van der Waals surface area contributed by atoms with Gasteiger partial charge in [0.1, 0.15) is 0 Å². The van der Waals surface area contributed by atoms with Crippen LogP contribution < -0.4 is 10.6 Å². The van der Waals surface area contributed by atoms with E-state index in [1.54, 1.807) is 0 Å². The SMILES string of the molecule is Cc1ccc(NC(=O)CN2CCCC3CNCC32)cc1. The lowest BCUT2D eigenvalue weighted by Crippen LogP contribution is -2.48. The number of likely N-dealkylation sites (tertiary alicyclic amines) is 1. The number of nitrogens with one attached hydrogen (secondary N) is 2. The van der Waals surface area contributed by atoms with Gasteiger partial charge in [0.15, 0.2) is 0 Å². The standard InChI is InChI=1S/C16H23N3O/c1-12-4-6-14(7-5-12)18-16(20)11-19-8-2-3-13-9-17-10-15(13)19/h4-7,13,15,17H,2-3,8-11H2,1H3,(H,18,20). The van der Waals surface area contributed by atoms with E-state index in [-0.39, 0.29) is 5.91 Å². The second-order valence-electron chi connectivity index (χ2n) is 6.01. The minimum Gasteiger partial charge on any atom is -0.325 e. The molecule has 4 heteroatoms. The quantitative estimate of drug-likeness (QED) is 0.879. The fourth-order valence-corrected chi connectivity index (χ4v) is 3.38. The van der Waals surface area contributed by atoms with E-state index in [0.29, 0.717) is 12.6 Å². The first-order valence-corrected chi connectivity index (χ1v) is 7.53. The van der Waals surface area contributed by atoms with E-state index in [1.807, 2.05) is 31.2 Å². The molecule has 20 heavy (non-hydrogen) atoms. The molecule has 2 heterocycles. The maximum absolute atomic E-state index is 12.2. The van der Waals surface area contributed by atoms with Gasteiger partial charge in [0, 0.05) is 18.3 Å². The van der Waals surface area contributed by atoms with Crippen molar-refractivity contribution in [3.63, 3.8) is 0 Å². The fraction of sp³-hybridized carbons (Fsp3) is 0.562. The van der Waals surface area contributed by atoms with Crippen LogP contribution in [-0.4, -0.2) is 43.0 Å². The molecular formula is C16H23N3O. The summed E-state index contributed by atoms with van der Waals surface area (Å²) in [5, 5.41) is 6.45. The lowest BCUT2D eigenvalue weighted by atomic mass is 9.92. The molecule has 3 rings (SSSR count). The number of hydrogen-bond donors (Lipinski definition) is 2. The van der Waals surface area contributed by atoms with Gasteiger partial charge in [-0.2, -0.15) is 0 Å². The molecule has 1 aromatic rings. The number of aryl methyl sites for hydroxylation is 1. The molecule has 2 N–H and O–H groups in total.